The van der Waals surface area contributed by atoms with Gasteiger partial charge in [0.2, 0.25) is 11.7 Å². The molecular formula is C19H19ClN4O2. The van der Waals surface area contributed by atoms with Crippen molar-refractivity contribution < 1.29 is 9.32 Å². The maximum atomic E-state index is 11.8. The van der Waals surface area contributed by atoms with Crippen molar-refractivity contribution in [1.82, 2.24) is 20.8 Å². The molecule has 6 nitrogen and oxygen atoms in total. The third-order valence-corrected chi connectivity index (χ3v) is 3.93. The summed E-state index contributed by atoms with van der Waals surface area (Å²) < 4.78 is 5.24. The highest BCUT2D eigenvalue weighted by molar-refractivity contribution is 6.30. The molecular weight excluding hydrogens is 352 g/mol. The molecule has 0 spiro atoms. The minimum atomic E-state index is -0.222. The van der Waals surface area contributed by atoms with Gasteiger partial charge in [0.15, 0.2) is 0 Å². The number of amides is 2. The molecule has 0 atom stereocenters. The van der Waals surface area contributed by atoms with Crippen LogP contribution in [0.25, 0.3) is 11.4 Å². The first-order valence-electron chi connectivity index (χ1n) is 8.35. The Balaban J connectivity index is 1.36. The number of hydrogen-bond donors (Lipinski definition) is 2. The summed E-state index contributed by atoms with van der Waals surface area (Å²) in [7, 11) is 0. The van der Waals surface area contributed by atoms with E-state index >= 15 is 0 Å². The number of nitrogens with zero attached hydrogens (tertiary/aromatic N) is 2. The van der Waals surface area contributed by atoms with Crippen LogP contribution in [0, 0.1) is 0 Å². The monoisotopic (exact) mass is 370 g/mol. The predicted molar refractivity (Wildman–Crippen MR) is 99.7 cm³/mol. The largest absolute Gasteiger partial charge is 0.339 e. The van der Waals surface area contributed by atoms with E-state index in [4.69, 9.17) is 16.1 Å². The minimum absolute atomic E-state index is 0.222. The normalized spacial score (nSPS) is 10.5. The van der Waals surface area contributed by atoms with E-state index < -0.39 is 0 Å². The highest BCUT2D eigenvalue weighted by Gasteiger charge is 2.08. The van der Waals surface area contributed by atoms with Crippen LogP contribution >= 0.6 is 11.6 Å². The lowest BCUT2D eigenvalue weighted by molar-refractivity contribution is 0.240. The van der Waals surface area contributed by atoms with Gasteiger partial charge >= 0.3 is 6.03 Å². The van der Waals surface area contributed by atoms with Crippen LogP contribution in [-0.2, 0) is 13.0 Å². The predicted octanol–water partition coefficient (Wildman–Crippen LogP) is 3.82. The molecule has 0 aliphatic heterocycles. The van der Waals surface area contributed by atoms with Crippen molar-refractivity contribution in [3.8, 4) is 11.4 Å². The van der Waals surface area contributed by atoms with Gasteiger partial charge in [-0.15, -0.1) is 0 Å². The van der Waals surface area contributed by atoms with Crippen LogP contribution in [-0.4, -0.2) is 22.7 Å². The average molecular weight is 371 g/mol. The summed E-state index contributed by atoms with van der Waals surface area (Å²) >= 11 is 5.91. The molecule has 2 N–H and O–H groups in total. The molecule has 0 radical (unpaired) electrons. The molecule has 26 heavy (non-hydrogen) atoms. The smallest absolute Gasteiger partial charge is 0.315 e. The molecule has 0 saturated carbocycles. The van der Waals surface area contributed by atoms with Gasteiger partial charge in [-0.2, -0.15) is 4.98 Å². The van der Waals surface area contributed by atoms with Crippen molar-refractivity contribution in [2.45, 2.75) is 19.4 Å². The molecule has 1 heterocycles. The molecule has 3 aromatic rings. The lowest BCUT2D eigenvalue weighted by Crippen LogP contribution is -2.35. The van der Waals surface area contributed by atoms with Crippen LogP contribution in [0.4, 0.5) is 4.79 Å². The molecule has 7 heteroatoms. The number of halogens is 1. The number of rotatable bonds is 7. The van der Waals surface area contributed by atoms with Gasteiger partial charge in [0.25, 0.3) is 0 Å². The third-order valence-electron chi connectivity index (χ3n) is 3.70. The molecule has 134 valence electrons. The van der Waals surface area contributed by atoms with Crippen molar-refractivity contribution in [2.24, 2.45) is 0 Å². The van der Waals surface area contributed by atoms with E-state index in [1.807, 2.05) is 48.5 Å². The van der Waals surface area contributed by atoms with Crippen LogP contribution in [0.1, 0.15) is 17.9 Å². The highest BCUT2D eigenvalue weighted by Crippen LogP contribution is 2.15. The molecule has 0 aliphatic carbocycles. The number of carbonyl (C=O) groups excluding carboxylic acids is 1. The number of benzene rings is 2. The number of hydrogen-bond acceptors (Lipinski definition) is 4. The second kappa shape index (κ2) is 9.01. The Labute approximate surface area is 156 Å². The summed E-state index contributed by atoms with van der Waals surface area (Å²) in [6, 6.07) is 16.8. The fraction of sp³-hybridized carbons (Fsp3) is 0.211. The molecule has 0 bridgehead atoms. The van der Waals surface area contributed by atoms with E-state index in [9.17, 15) is 4.79 Å². The Morgan fingerprint density at radius 2 is 1.92 bits per heavy atom. The third kappa shape index (κ3) is 5.32. The number of nitrogens with one attached hydrogen (secondary N) is 2. The summed E-state index contributed by atoms with van der Waals surface area (Å²) in [5.74, 6) is 1.14. The summed E-state index contributed by atoms with van der Waals surface area (Å²) in [6.45, 7) is 0.945. The van der Waals surface area contributed by atoms with E-state index in [2.05, 4.69) is 20.8 Å². The van der Waals surface area contributed by atoms with Crippen molar-refractivity contribution in [1.29, 1.82) is 0 Å². The molecule has 2 amide bonds. The fourth-order valence-electron chi connectivity index (χ4n) is 2.39. The second-order valence-corrected chi connectivity index (χ2v) is 6.16. The zero-order valence-corrected chi connectivity index (χ0v) is 14.9. The first kappa shape index (κ1) is 17.9. The standard InChI is InChI=1S/C19H19ClN4O2/c20-16-9-4-6-14(12-16)13-22-19(25)21-11-5-10-17-23-18(24-26-17)15-7-2-1-3-8-15/h1-4,6-9,12H,5,10-11,13H2,(H2,21,22,25). The minimum Gasteiger partial charge on any atom is -0.339 e. The Hall–Kier alpha value is -2.86. The Kier molecular flexibility index (Phi) is 6.22. The lowest BCUT2D eigenvalue weighted by atomic mass is 10.2. The first-order valence-corrected chi connectivity index (χ1v) is 8.72. The molecule has 2 aromatic carbocycles. The Morgan fingerprint density at radius 1 is 1.08 bits per heavy atom. The van der Waals surface area contributed by atoms with E-state index in [1.165, 1.54) is 0 Å². The molecule has 0 aliphatic rings. The molecule has 3 rings (SSSR count). The van der Waals surface area contributed by atoms with Gasteiger partial charge in [-0.25, -0.2) is 4.79 Å². The van der Waals surface area contributed by atoms with Crippen molar-refractivity contribution in [3.63, 3.8) is 0 Å². The van der Waals surface area contributed by atoms with E-state index in [0.29, 0.717) is 42.7 Å². The van der Waals surface area contributed by atoms with Crippen LogP contribution in [0.15, 0.2) is 59.1 Å². The van der Waals surface area contributed by atoms with E-state index in [0.717, 1.165) is 11.1 Å². The van der Waals surface area contributed by atoms with Gasteiger partial charge in [0.1, 0.15) is 0 Å². The number of aromatic nitrogens is 2. The van der Waals surface area contributed by atoms with Crippen molar-refractivity contribution in [3.05, 3.63) is 71.1 Å². The van der Waals surface area contributed by atoms with Gasteiger partial charge in [-0.1, -0.05) is 59.2 Å². The van der Waals surface area contributed by atoms with Crippen LogP contribution in [0.2, 0.25) is 5.02 Å². The van der Waals surface area contributed by atoms with Gasteiger partial charge in [-0.3, -0.25) is 0 Å². The lowest BCUT2D eigenvalue weighted by Gasteiger charge is -2.07. The van der Waals surface area contributed by atoms with Crippen molar-refractivity contribution >= 4 is 17.6 Å². The second-order valence-electron chi connectivity index (χ2n) is 5.72. The summed E-state index contributed by atoms with van der Waals surface area (Å²) in [4.78, 5) is 16.2. The van der Waals surface area contributed by atoms with Gasteiger partial charge in [0.05, 0.1) is 0 Å². The van der Waals surface area contributed by atoms with E-state index in [1.54, 1.807) is 6.07 Å². The first-order chi connectivity index (χ1) is 12.7. The number of urea groups is 1. The maximum absolute atomic E-state index is 11.8. The molecule has 1 aromatic heterocycles. The summed E-state index contributed by atoms with van der Waals surface area (Å²) in [6.07, 6.45) is 1.31. The van der Waals surface area contributed by atoms with Crippen LogP contribution < -0.4 is 10.6 Å². The Morgan fingerprint density at radius 3 is 2.73 bits per heavy atom. The topological polar surface area (TPSA) is 80.1 Å². The zero-order chi connectivity index (χ0) is 18.2. The quantitative estimate of drug-likeness (QED) is 0.619. The van der Waals surface area contributed by atoms with Crippen LogP contribution in [0.5, 0.6) is 0 Å². The number of aryl methyl sites for hydroxylation is 1. The van der Waals surface area contributed by atoms with Gasteiger partial charge in [-0.05, 0) is 24.1 Å². The highest BCUT2D eigenvalue weighted by atomic mass is 35.5. The Bertz CT molecular complexity index is 852. The zero-order valence-electron chi connectivity index (χ0n) is 14.1. The fourth-order valence-corrected chi connectivity index (χ4v) is 2.61. The maximum Gasteiger partial charge on any atom is 0.315 e. The summed E-state index contributed by atoms with van der Waals surface area (Å²) in [5.41, 5.74) is 1.87. The van der Waals surface area contributed by atoms with Crippen molar-refractivity contribution in [2.75, 3.05) is 6.54 Å². The van der Waals surface area contributed by atoms with Gasteiger partial charge in [0, 0.05) is 30.1 Å². The molecule has 0 unspecified atom stereocenters. The van der Waals surface area contributed by atoms with E-state index in [-0.39, 0.29) is 6.03 Å². The van der Waals surface area contributed by atoms with Crippen LogP contribution in [0.3, 0.4) is 0 Å². The number of carbonyl (C=O) groups is 1. The average Bonchev–Trinajstić information content (AvgIpc) is 3.13. The molecule has 0 saturated heterocycles. The SMILES string of the molecule is O=C(NCCCc1nc(-c2ccccc2)no1)NCc1cccc(Cl)c1. The molecule has 0 fully saturated rings. The summed E-state index contributed by atoms with van der Waals surface area (Å²) in [5, 5.41) is 10.2. The van der Waals surface area contributed by atoms with Gasteiger partial charge < -0.3 is 15.2 Å².